The van der Waals surface area contributed by atoms with Crippen LogP contribution in [0.5, 0.6) is 5.75 Å². The van der Waals surface area contributed by atoms with Crippen molar-refractivity contribution in [1.29, 1.82) is 0 Å². The molecule has 4 nitrogen and oxygen atoms in total. The number of aryl methyl sites for hydroxylation is 1. The molecular formula is C17H25NO3. The standard InChI is InChI=1S/C17H25NO3/c1-13-5-6-15(17(10-13)21-2)16(20)12-18-8-3-4-14(11-18)7-9-19/h5-6,10,14,19H,3-4,7-9,11-12H2,1-2H3. The summed E-state index contributed by atoms with van der Waals surface area (Å²) >= 11 is 0. The van der Waals surface area contributed by atoms with Gasteiger partial charge in [0.2, 0.25) is 0 Å². The molecule has 0 aliphatic carbocycles. The molecular weight excluding hydrogens is 266 g/mol. The van der Waals surface area contributed by atoms with Crippen LogP contribution in [0.25, 0.3) is 0 Å². The SMILES string of the molecule is COc1cc(C)ccc1C(=O)CN1CCCC(CCO)C1. The van der Waals surface area contributed by atoms with Crippen molar-refractivity contribution in [1.82, 2.24) is 4.90 Å². The number of methoxy groups -OCH3 is 1. The molecule has 116 valence electrons. The molecule has 1 unspecified atom stereocenters. The molecule has 1 saturated heterocycles. The second-order valence-corrected chi connectivity index (χ2v) is 5.88. The number of aliphatic hydroxyl groups excluding tert-OH is 1. The van der Waals surface area contributed by atoms with Crippen LogP contribution < -0.4 is 4.74 Å². The summed E-state index contributed by atoms with van der Waals surface area (Å²) < 4.78 is 5.32. The van der Waals surface area contributed by atoms with Crippen LogP contribution in [0.4, 0.5) is 0 Å². The van der Waals surface area contributed by atoms with Gasteiger partial charge in [-0.2, -0.15) is 0 Å². The number of likely N-dealkylation sites (tertiary alicyclic amines) is 1. The lowest BCUT2D eigenvalue weighted by atomic mass is 9.94. The van der Waals surface area contributed by atoms with E-state index in [4.69, 9.17) is 9.84 Å². The Labute approximate surface area is 126 Å². The maximum atomic E-state index is 12.5. The zero-order valence-corrected chi connectivity index (χ0v) is 13.0. The first-order valence-corrected chi connectivity index (χ1v) is 7.65. The Bertz CT molecular complexity index is 485. The van der Waals surface area contributed by atoms with Gasteiger partial charge in [-0.25, -0.2) is 0 Å². The lowest BCUT2D eigenvalue weighted by Crippen LogP contribution is -2.39. The molecule has 1 aliphatic heterocycles. The Morgan fingerprint density at radius 3 is 3.00 bits per heavy atom. The first-order valence-electron chi connectivity index (χ1n) is 7.65. The number of aliphatic hydroxyl groups is 1. The fourth-order valence-corrected chi connectivity index (χ4v) is 3.03. The molecule has 1 aromatic carbocycles. The van der Waals surface area contributed by atoms with Gasteiger partial charge < -0.3 is 9.84 Å². The molecule has 0 bridgehead atoms. The second-order valence-electron chi connectivity index (χ2n) is 5.88. The Morgan fingerprint density at radius 2 is 2.29 bits per heavy atom. The Kier molecular flexibility index (Phi) is 5.76. The van der Waals surface area contributed by atoms with Crippen molar-refractivity contribution in [2.24, 2.45) is 5.92 Å². The summed E-state index contributed by atoms with van der Waals surface area (Å²) in [6.07, 6.45) is 3.08. The van der Waals surface area contributed by atoms with Crippen molar-refractivity contribution in [3.05, 3.63) is 29.3 Å². The summed E-state index contributed by atoms with van der Waals surface area (Å²) in [6, 6.07) is 5.70. The average Bonchev–Trinajstić information content (AvgIpc) is 2.47. The third kappa shape index (κ3) is 4.29. The fraction of sp³-hybridized carbons (Fsp3) is 0.588. The molecule has 1 N–H and O–H groups in total. The predicted octanol–water partition coefficient (Wildman–Crippen LogP) is 2.28. The van der Waals surface area contributed by atoms with Crippen molar-refractivity contribution >= 4 is 5.78 Å². The summed E-state index contributed by atoms with van der Waals surface area (Å²) in [5.74, 6) is 1.27. The molecule has 0 spiro atoms. The van der Waals surface area contributed by atoms with Crippen LogP contribution in [0, 0.1) is 12.8 Å². The van der Waals surface area contributed by atoms with E-state index in [-0.39, 0.29) is 12.4 Å². The molecule has 0 radical (unpaired) electrons. The quantitative estimate of drug-likeness (QED) is 0.817. The molecule has 21 heavy (non-hydrogen) atoms. The minimum Gasteiger partial charge on any atom is -0.496 e. The molecule has 4 heteroatoms. The van der Waals surface area contributed by atoms with Crippen LogP contribution >= 0.6 is 0 Å². The number of rotatable bonds is 6. The van der Waals surface area contributed by atoms with Gasteiger partial charge in [-0.3, -0.25) is 9.69 Å². The zero-order chi connectivity index (χ0) is 15.2. The topological polar surface area (TPSA) is 49.8 Å². The Hall–Kier alpha value is -1.39. The minimum atomic E-state index is 0.108. The van der Waals surface area contributed by atoms with E-state index in [9.17, 15) is 4.79 Å². The predicted molar refractivity (Wildman–Crippen MR) is 82.9 cm³/mol. The maximum absolute atomic E-state index is 12.5. The van der Waals surface area contributed by atoms with Gasteiger partial charge in [-0.1, -0.05) is 6.07 Å². The lowest BCUT2D eigenvalue weighted by Gasteiger charge is -2.32. The van der Waals surface area contributed by atoms with E-state index in [2.05, 4.69) is 4.90 Å². The van der Waals surface area contributed by atoms with Crippen molar-refractivity contribution < 1.29 is 14.6 Å². The number of ether oxygens (including phenoxy) is 1. The van der Waals surface area contributed by atoms with Crippen molar-refractivity contribution in [2.75, 3.05) is 33.4 Å². The van der Waals surface area contributed by atoms with E-state index in [1.54, 1.807) is 7.11 Å². The highest BCUT2D eigenvalue weighted by Gasteiger charge is 2.22. The molecule has 2 rings (SSSR count). The lowest BCUT2D eigenvalue weighted by molar-refractivity contribution is 0.0869. The molecule has 0 amide bonds. The van der Waals surface area contributed by atoms with E-state index in [1.165, 1.54) is 0 Å². The number of piperidine rings is 1. The Balaban J connectivity index is 2.01. The summed E-state index contributed by atoms with van der Waals surface area (Å²) in [6.45, 7) is 4.52. The smallest absolute Gasteiger partial charge is 0.180 e. The van der Waals surface area contributed by atoms with Crippen LogP contribution in [-0.4, -0.2) is 49.1 Å². The Morgan fingerprint density at radius 1 is 1.48 bits per heavy atom. The van der Waals surface area contributed by atoms with Crippen LogP contribution in [0.15, 0.2) is 18.2 Å². The van der Waals surface area contributed by atoms with Crippen molar-refractivity contribution in [3.8, 4) is 5.75 Å². The number of nitrogens with zero attached hydrogens (tertiary/aromatic N) is 1. The van der Waals surface area contributed by atoms with Crippen molar-refractivity contribution in [3.63, 3.8) is 0 Å². The summed E-state index contributed by atoms with van der Waals surface area (Å²) in [7, 11) is 1.60. The summed E-state index contributed by atoms with van der Waals surface area (Å²) in [5, 5.41) is 9.06. The van der Waals surface area contributed by atoms with E-state index in [1.807, 2.05) is 25.1 Å². The summed E-state index contributed by atoms with van der Waals surface area (Å²) in [4.78, 5) is 14.7. The van der Waals surface area contributed by atoms with Gasteiger partial charge in [0.25, 0.3) is 0 Å². The molecule has 0 saturated carbocycles. The largest absolute Gasteiger partial charge is 0.496 e. The summed E-state index contributed by atoms with van der Waals surface area (Å²) in [5.41, 5.74) is 1.75. The van der Waals surface area contributed by atoms with Gasteiger partial charge >= 0.3 is 0 Å². The number of carbonyl (C=O) groups is 1. The third-order valence-electron chi connectivity index (χ3n) is 4.17. The molecule has 1 fully saturated rings. The van der Waals surface area contributed by atoms with Crippen molar-refractivity contribution in [2.45, 2.75) is 26.2 Å². The highest BCUT2D eigenvalue weighted by molar-refractivity contribution is 6.00. The number of ketones is 1. The first-order chi connectivity index (χ1) is 10.1. The molecule has 1 atom stereocenters. The molecule has 1 heterocycles. The van der Waals surface area contributed by atoms with Gasteiger partial charge in [0, 0.05) is 13.2 Å². The van der Waals surface area contributed by atoms with Gasteiger partial charge in [0.05, 0.1) is 19.2 Å². The first kappa shape index (κ1) is 16.0. The molecule has 1 aliphatic rings. The normalized spacial score (nSPS) is 19.5. The number of carbonyl (C=O) groups excluding carboxylic acids is 1. The third-order valence-corrected chi connectivity index (χ3v) is 4.17. The number of hydrogen-bond donors (Lipinski definition) is 1. The van der Waals surface area contributed by atoms with Crippen LogP contribution in [-0.2, 0) is 0 Å². The molecule has 0 aromatic heterocycles. The van der Waals surface area contributed by atoms with Crippen LogP contribution in [0.1, 0.15) is 35.2 Å². The number of hydrogen-bond acceptors (Lipinski definition) is 4. The van der Waals surface area contributed by atoms with E-state index >= 15 is 0 Å². The molecule has 1 aromatic rings. The number of Topliss-reactive ketones (excluding diaryl/α,β-unsaturated/α-hetero) is 1. The highest BCUT2D eigenvalue weighted by Crippen LogP contribution is 2.23. The van der Waals surface area contributed by atoms with Gasteiger partial charge in [-0.15, -0.1) is 0 Å². The van der Waals surface area contributed by atoms with Gasteiger partial charge in [-0.05, 0) is 56.3 Å². The van der Waals surface area contributed by atoms with Gasteiger partial charge in [0.1, 0.15) is 5.75 Å². The highest BCUT2D eigenvalue weighted by atomic mass is 16.5. The maximum Gasteiger partial charge on any atom is 0.180 e. The van der Waals surface area contributed by atoms with E-state index < -0.39 is 0 Å². The number of benzene rings is 1. The van der Waals surface area contributed by atoms with Gasteiger partial charge in [0.15, 0.2) is 5.78 Å². The minimum absolute atomic E-state index is 0.108. The van der Waals surface area contributed by atoms with Crippen LogP contribution in [0.2, 0.25) is 0 Å². The fourth-order valence-electron chi connectivity index (χ4n) is 3.03. The van der Waals surface area contributed by atoms with E-state index in [0.29, 0.717) is 23.8 Å². The van der Waals surface area contributed by atoms with Crippen LogP contribution in [0.3, 0.4) is 0 Å². The average molecular weight is 291 g/mol. The zero-order valence-electron chi connectivity index (χ0n) is 13.0. The van der Waals surface area contributed by atoms with E-state index in [0.717, 1.165) is 37.9 Å². The monoisotopic (exact) mass is 291 g/mol. The second kappa shape index (κ2) is 7.57.